The number of allylic oxidation sites excluding steroid dienone is 1. The molecule has 0 amide bonds. The van der Waals surface area contributed by atoms with E-state index in [0.717, 1.165) is 44.7 Å². The van der Waals surface area contributed by atoms with E-state index in [2.05, 4.69) is 41.5 Å². The van der Waals surface area contributed by atoms with Crippen LogP contribution < -0.4 is 5.32 Å². The van der Waals surface area contributed by atoms with Crippen LogP contribution in [0.25, 0.3) is 0 Å². The van der Waals surface area contributed by atoms with Gasteiger partial charge in [0.2, 0.25) is 0 Å². The second-order valence-corrected chi connectivity index (χ2v) is 4.22. The summed E-state index contributed by atoms with van der Waals surface area (Å²) in [5, 5.41) is 3.31. The molecular formula is C15H24N2O. The average Bonchev–Trinajstić information content (AvgIpc) is 2.42. The number of nitrogens with one attached hydrogen (secondary N) is 1. The summed E-state index contributed by atoms with van der Waals surface area (Å²) in [6.45, 7) is 4.84. The SMILES string of the molecule is CCc1ccc(CC=CCCNCCOC)nc1. The second kappa shape index (κ2) is 9.80. The van der Waals surface area contributed by atoms with E-state index in [9.17, 15) is 0 Å². The molecule has 0 unspecified atom stereocenters. The summed E-state index contributed by atoms with van der Waals surface area (Å²) in [6.07, 6.45) is 9.38. The molecule has 3 nitrogen and oxygen atoms in total. The van der Waals surface area contributed by atoms with E-state index in [4.69, 9.17) is 4.74 Å². The van der Waals surface area contributed by atoms with Crippen molar-refractivity contribution >= 4 is 0 Å². The van der Waals surface area contributed by atoms with Gasteiger partial charge in [-0.25, -0.2) is 0 Å². The molecule has 0 saturated heterocycles. The fourth-order valence-corrected chi connectivity index (χ4v) is 1.59. The number of hydrogen-bond donors (Lipinski definition) is 1. The molecule has 1 N–H and O–H groups in total. The minimum atomic E-state index is 0.775. The van der Waals surface area contributed by atoms with Crippen molar-refractivity contribution in [3.63, 3.8) is 0 Å². The molecule has 0 aliphatic carbocycles. The third-order valence-electron chi connectivity index (χ3n) is 2.76. The summed E-state index contributed by atoms with van der Waals surface area (Å²) >= 11 is 0. The van der Waals surface area contributed by atoms with Crippen LogP contribution in [0, 0.1) is 0 Å². The van der Waals surface area contributed by atoms with Crippen molar-refractivity contribution in [1.82, 2.24) is 10.3 Å². The van der Waals surface area contributed by atoms with E-state index in [1.54, 1.807) is 7.11 Å². The molecule has 0 radical (unpaired) electrons. The molecule has 0 bridgehead atoms. The summed E-state index contributed by atoms with van der Waals surface area (Å²) in [6, 6.07) is 4.27. The first-order valence-corrected chi connectivity index (χ1v) is 6.65. The highest BCUT2D eigenvalue weighted by Crippen LogP contribution is 2.02. The quantitative estimate of drug-likeness (QED) is 0.538. The monoisotopic (exact) mass is 248 g/mol. The van der Waals surface area contributed by atoms with E-state index < -0.39 is 0 Å². The van der Waals surface area contributed by atoms with E-state index in [0.29, 0.717) is 0 Å². The maximum atomic E-state index is 4.96. The number of aromatic nitrogens is 1. The number of rotatable bonds is 9. The standard InChI is InChI=1S/C15H24N2O/c1-3-14-8-9-15(17-13-14)7-5-4-6-10-16-11-12-18-2/h4-5,8-9,13,16H,3,6-7,10-12H2,1-2H3. The molecule has 18 heavy (non-hydrogen) atoms. The fraction of sp³-hybridized carbons (Fsp3) is 0.533. The van der Waals surface area contributed by atoms with Crippen molar-refractivity contribution in [3.8, 4) is 0 Å². The molecule has 1 aromatic rings. The normalized spacial score (nSPS) is 11.2. The summed E-state index contributed by atoms with van der Waals surface area (Å²) in [5.74, 6) is 0. The molecule has 1 aromatic heterocycles. The molecule has 0 spiro atoms. The second-order valence-electron chi connectivity index (χ2n) is 4.22. The number of hydrogen-bond acceptors (Lipinski definition) is 3. The predicted octanol–water partition coefficient (Wildman–Crippen LogP) is 2.37. The Balaban J connectivity index is 2.11. The lowest BCUT2D eigenvalue weighted by Gasteiger charge is -2.01. The van der Waals surface area contributed by atoms with Gasteiger partial charge in [-0.15, -0.1) is 0 Å². The minimum Gasteiger partial charge on any atom is -0.383 e. The number of aryl methyl sites for hydroxylation is 1. The molecule has 0 aliphatic heterocycles. The van der Waals surface area contributed by atoms with Crippen molar-refractivity contribution in [2.75, 3.05) is 26.8 Å². The van der Waals surface area contributed by atoms with Crippen molar-refractivity contribution in [2.24, 2.45) is 0 Å². The summed E-state index contributed by atoms with van der Waals surface area (Å²) in [5.41, 5.74) is 2.43. The van der Waals surface area contributed by atoms with E-state index in [1.165, 1.54) is 5.56 Å². The Labute approximate surface area is 110 Å². The highest BCUT2D eigenvalue weighted by Gasteiger charge is 1.92. The van der Waals surface area contributed by atoms with Crippen LogP contribution in [0.3, 0.4) is 0 Å². The lowest BCUT2D eigenvalue weighted by Crippen LogP contribution is -2.19. The number of nitrogens with zero attached hydrogens (tertiary/aromatic N) is 1. The van der Waals surface area contributed by atoms with Crippen LogP contribution in [-0.2, 0) is 17.6 Å². The molecule has 100 valence electrons. The topological polar surface area (TPSA) is 34.1 Å². The molecule has 1 heterocycles. The van der Waals surface area contributed by atoms with Crippen LogP contribution in [0.15, 0.2) is 30.5 Å². The van der Waals surface area contributed by atoms with E-state index in [1.807, 2.05) is 6.20 Å². The van der Waals surface area contributed by atoms with Crippen molar-refractivity contribution < 1.29 is 4.74 Å². The van der Waals surface area contributed by atoms with Gasteiger partial charge in [-0.05, 0) is 31.0 Å². The van der Waals surface area contributed by atoms with Gasteiger partial charge in [-0.1, -0.05) is 25.1 Å². The molecule has 0 atom stereocenters. The van der Waals surface area contributed by atoms with Gasteiger partial charge in [0.05, 0.1) is 6.61 Å². The number of ether oxygens (including phenoxy) is 1. The number of methoxy groups -OCH3 is 1. The van der Waals surface area contributed by atoms with E-state index in [-0.39, 0.29) is 0 Å². The van der Waals surface area contributed by atoms with Crippen LogP contribution in [0.2, 0.25) is 0 Å². The first-order chi connectivity index (χ1) is 8.86. The summed E-state index contributed by atoms with van der Waals surface area (Å²) in [4.78, 5) is 4.42. The Morgan fingerprint density at radius 3 is 2.83 bits per heavy atom. The number of pyridine rings is 1. The van der Waals surface area contributed by atoms with Gasteiger partial charge in [0.15, 0.2) is 0 Å². The van der Waals surface area contributed by atoms with Gasteiger partial charge in [0.1, 0.15) is 0 Å². The van der Waals surface area contributed by atoms with Gasteiger partial charge < -0.3 is 10.1 Å². The van der Waals surface area contributed by atoms with Crippen molar-refractivity contribution in [1.29, 1.82) is 0 Å². The Hall–Kier alpha value is -1.19. The molecule has 3 heteroatoms. The highest BCUT2D eigenvalue weighted by molar-refractivity contribution is 5.15. The summed E-state index contributed by atoms with van der Waals surface area (Å²) < 4.78 is 4.96. The van der Waals surface area contributed by atoms with Crippen molar-refractivity contribution in [2.45, 2.75) is 26.2 Å². The molecule has 0 fully saturated rings. The Morgan fingerprint density at radius 2 is 2.17 bits per heavy atom. The fourth-order valence-electron chi connectivity index (χ4n) is 1.59. The van der Waals surface area contributed by atoms with Crippen LogP contribution in [0.1, 0.15) is 24.6 Å². The van der Waals surface area contributed by atoms with E-state index >= 15 is 0 Å². The zero-order chi connectivity index (χ0) is 13.1. The molecule has 1 rings (SSSR count). The Kier molecular flexibility index (Phi) is 8.10. The van der Waals surface area contributed by atoms with Gasteiger partial charge in [0.25, 0.3) is 0 Å². The largest absolute Gasteiger partial charge is 0.383 e. The maximum Gasteiger partial charge on any atom is 0.0587 e. The maximum absolute atomic E-state index is 4.96. The first kappa shape index (κ1) is 14.9. The minimum absolute atomic E-state index is 0.775. The summed E-state index contributed by atoms with van der Waals surface area (Å²) in [7, 11) is 1.72. The lowest BCUT2D eigenvalue weighted by atomic mass is 10.2. The van der Waals surface area contributed by atoms with Crippen LogP contribution in [0.5, 0.6) is 0 Å². The van der Waals surface area contributed by atoms with Crippen LogP contribution in [0.4, 0.5) is 0 Å². The highest BCUT2D eigenvalue weighted by atomic mass is 16.5. The van der Waals surface area contributed by atoms with Gasteiger partial charge in [-0.3, -0.25) is 4.98 Å². The van der Waals surface area contributed by atoms with Gasteiger partial charge in [0, 0.05) is 32.0 Å². The lowest BCUT2D eigenvalue weighted by molar-refractivity contribution is 0.199. The molecule has 0 aliphatic rings. The average molecular weight is 248 g/mol. The predicted molar refractivity (Wildman–Crippen MR) is 75.8 cm³/mol. The zero-order valence-electron chi connectivity index (χ0n) is 11.5. The first-order valence-electron chi connectivity index (χ1n) is 6.65. The van der Waals surface area contributed by atoms with Crippen molar-refractivity contribution in [3.05, 3.63) is 41.7 Å². The van der Waals surface area contributed by atoms with Gasteiger partial charge >= 0.3 is 0 Å². The third-order valence-corrected chi connectivity index (χ3v) is 2.76. The smallest absolute Gasteiger partial charge is 0.0587 e. The van der Waals surface area contributed by atoms with Gasteiger partial charge in [-0.2, -0.15) is 0 Å². The molecule has 0 aromatic carbocycles. The molecular weight excluding hydrogens is 224 g/mol. The Bertz CT molecular complexity index is 333. The third kappa shape index (κ3) is 6.52. The van der Waals surface area contributed by atoms with Crippen LogP contribution >= 0.6 is 0 Å². The molecule has 0 saturated carbocycles. The van der Waals surface area contributed by atoms with Crippen LogP contribution in [-0.4, -0.2) is 31.8 Å². The zero-order valence-corrected chi connectivity index (χ0v) is 11.5. The Morgan fingerprint density at radius 1 is 1.28 bits per heavy atom.